The summed E-state index contributed by atoms with van der Waals surface area (Å²) in [6.07, 6.45) is 4.15. The van der Waals surface area contributed by atoms with Gasteiger partial charge in [-0.1, -0.05) is 36.4 Å². The number of nitrogens with zero attached hydrogens (tertiary/aromatic N) is 1. The van der Waals surface area contributed by atoms with Crippen LogP contribution >= 0.6 is 0 Å². The monoisotopic (exact) mass is 382 g/mol. The fourth-order valence-corrected chi connectivity index (χ4v) is 2.33. The van der Waals surface area contributed by atoms with Crippen LogP contribution in [0.15, 0.2) is 79.0 Å². The molecule has 0 fully saturated rings. The summed E-state index contributed by atoms with van der Waals surface area (Å²) < 4.78 is 35.0. The third-order valence-electron chi connectivity index (χ3n) is 3.54. The largest absolute Gasteiger partial charge is 0.437 e. The van der Waals surface area contributed by atoms with Gasteiger partial charge < -0.3 is 14.8 Å². The minimum atomic E-state index is -2.95. The van der Waals surface area contributed by atoms with Crippen LogP contribution in [0.5, 0.6) is 17.4 Å². The lowest BCUT2D eigenvalue weighted by atomic mass is 10.2. The molecule has 0 aliphatic rings. The number of hydrogen-bond donors (Lipinski definition) is 1. The summed E-state index contributed by atoms with van der Waals surface area (Å²) in [5.74, 6) is 0.316. The van der Waals surface area contributed by atoms with Gasteiger partial charge in [0.15, 0.2) is 0 Å². The Morgan fingerprint density at radius 3 is 2.54 bits per heavy atom. The second kappa shape index (κ2) is 9.27. The number of para-hydroxylation sites is 2. The Bertz CT molecular complexity index is 963. The van der Waals surface area contributed by atoms with Crippen molar-refractivity contribution in [1.82, 2.24) is 4.98 Å². The van der Waals surface area contributed by atoms with Gasteiger partial charge in [-0.2, -0.15) is 8.78 Å². The van der Waals surface area contributed by atoms with Crippen molar-refractivity contribution in [2.75, 3.05) is 5.32 Å². The van der Waals surface area contributed by atoms with E-state index in [1.807, 2.05) is 18.2 Å². The maximum Gasteiger partial charge on any atom is 0.387 e. The number of benzene rings is 2. The Labute approximate surface area is 160 Å². The Kier molecular flexibility index (Phi) is 6.30. The SMILES string of the molecule is O=C(/C=C/c1ccccc1OC(F)F)Nc1cccnc1Oc1ccccc1. The van der Waals surface area contributed by atoms with Crippen molar-refractivity contribution < 1.29 is 23.0 Å². The molecule has 0 bridgehead atoms. The second-order valence-electron chi connectivity index (χ2n) is 5.51. The molecule has 1 amide bonds. The average molecular weight is 382 g/mol. The van der Waals surface area contributed by atoms with Crippen LogP contribution < -0.4 is 14.8 Å². The molecule has 1 N–H and O–H groups in total. The minimum Gasteiger partial charge on any atom is -0.437 e. The zero-order valence-electron chi connectivity index (χ0n) is 14.6. The van der Waals surface area contributed by atoms with Gasteiger partial charge in [0.05, 0.1) is 0 Å². The molecule has 1 aromatic heterocycles. The molecule has 0 aliphatic heterocycles. The van der Waals surface area contributed by atoms with Gasteiger partial charge in [-0.3, -0.25) is 4.79 Å². The van der Waals surface area contributed by atoms with Crippen molar-refractivity contribution >= 4 is 17.7 Å². The Hall–Kier alpha value is -3.74. The first-order valence-electron chi connectivity index (χ1n) is 8.32. The van der Waals surface area contributed by atoms with Crippen LogP contribution in [0.3, 0.4) is 0 Å². The third kappa shape index (κ3) is 5.38. The summed E-state index contributed by atoms with van der Waals surface area (Å²) >= 11 is 0. The molecule has 0 aliphatic carbocycles. The molecular weight excluding hydrogens is 366 g/mol. The van der Waals surface area contributed by atoms with Crippen LogP contribution in [0.2, 0.25) is 0 Å². The van der Waals surface area contributed by atoms with E-state index in [4.69, 9.17) is 4.74 Å². The predicted octanol–water partition coefficient (Wildman–Crippen LogP) is 5.13. The van der Waals surface area contributed by atoms with E-state index in [-0.39, 0.29) is 11.6 Å². The van der Waals surface area contributed by atoms with Crippen molar-refractivity contribution in [3.63, 3.8) is 0 Å². The maximum atomic E-state index is 12.5. The van der Waals surface area contributed by atoms with Crippen LogP contribution in [0, 0.1) is 0 Å². The molecule has 0 radical (unpaired) electrons. The van der Waals surface area contributed by atoms with Crippen molar-refractivity contribution in [3.05, 3.63) is 84.6 Å². The molecule has 0 saturated carbocycles. The highest BCUT2D eigenvalue weighted by atomic mass is 19.3. The van der Waals surface area contributed by atoms with Gasteiger partial charge in [0.2, 0.25) is 11.8 Å². The lowest BCUT2D eigenvalue weighted by molar-refractivity contribution is -0.111. The molecular formula is C21H16F2N2O3. The molecule has 0 unspecified atom stereocenters. The number of pyridine rings is 1. The number of rotatable bonds is 7. The van der Waals surface area contributed by atoms with Crippen LogP contribution in [0.4, 0.5) is 14.5 Å². The number of ether oxygens (including phenoxy) is 2. The van der Waals surface area contributed by atoms with Crippen molar-refractivity contribution in [3.8, 4) is 17.4 Å². The predicted molar refractivity (Wildman–Crippen MR) is 101 cm³/mol. The Morgan fingerprint density at radius 1 is 1.00 bits per heavy atom. The highest BCUT2D eigenvalue weighted by molar-refractivity contribution is 6.02. The van der Waals surface area contributed by atoms with Crippen LogP contribution in [-0.2, 0) is 4.79 Å². The molecule has 1 heterocycles. The number of carbonyl (C=O) groups is 1. The maximum absolute atomic E-state index is 12.5. The minimum absolute atomic E-state index is 0.0176. The van der Waals surface area contributed by atoms with Crippen LogP contribution in [-0.4, -0.2) is 17.5 Å². The van der Waals surface area contributed by atoms with E-state index in [0.717, 1.165) is 0 Å². The molecule has 5 nitrogen and oxygen atoms in total. The summed E-state index contributed by atoms with van der Waals surface area (Å²) in [5.41, 5.74) is 0.725. The topological polar surface area (TPSA) is 60.5 Å². The van der Waals surface area contributed by atoms with E-state index < -0.39 is 12.5 Å². The number of amides is 1. The van der Waals surface area contributed by atoms with E-state index in [2.05, 4.69) is 15.0 Å². The lowest BCUT2D eigenvalue weighted by Crippen LogP contribution is -2.09. The van der Waals surface area contributed by atoms with E-state index in [1.54, 1.807) is 48.7 Å². The van der Waals surface area contributed by atoms with Gasteiger partial charge in [-0.15, -0.1) is 0 Å². The highest BCUT2D eigenvalue weighted by Gasteiger charge is 2.10. The summed E-state index contributed by atoms with van der Waals surface area (Å²) in [5, 5.41) is 2.66. The quantitative estimate of drug-likeness (QED) is 0.576. The standard InChI is InChI=1S/C21H16F2N2O3/c22-21(23)28-18-11-5-4-7-15(18)12-13-19(26)25-17-10-6-14-24-20(17)27-16-8-2-1-3-9-16/h1-14,21H,(H,25,26)/b13-12+. The van der Waals surface area contributed by atoms with E-state index in [0.29, 0.717) is 17.0 Å². The van der Waals surface area contributed by atoms with Gasteiger partial charge in [-0.25, -0.2) is 4.98 Å². The number of hydrogen-bond acceptors (Lipinski definition) is 4. The van der Waals surface area contributed by atoms with Gasteiger partial charge in [0.25, 0.3) is 0 Å². The van der Waals surface area contributed by atoms with Gasteiger partial charge >= 0.3 is 6.61 Å². The van der Waals surface area contributed by atoms with Gasteiger partial charge in [0.1, 0.15) is 17.2 Å². The summed E-state index contributed by atoms with van der Waals surface area (Å²) in [4.78, 5) is 16.4. The van der Waals surface area contributed by atoms with E-state index in [1.165, 1.54) is 18.2 Å². The number of nitrogens with one attached hydrogen (secondary N) is 1. The van der Waals surface area contributed by atoms with E-state index >= 15 is 0 Å². The lowest BCUT2D eigenvalue weighted by Gasteiger charge is -2.10. The number of aromatic nitrogens is 1. The summed E-state index contributed by atoms with van der Waals surface area (Å²) in [6.45, 7) is -2.95. The number of halogens is 2. The Balaban J connectivity index is 1.71. The molecule has 0 atom stereocenters. The zero-order chi connectivity index (χ0) is 19.8. The molecule has 2 aromatic carbocycles. The van der Waals surface area contributed by atoms with Gasteiger partial charge in [-0.05, 0) is 36.4 Å². The fourth-order valence-electron chi connectivity index (χ4n) is 2.33. The summed E-state index contributed by atoms with van der Waals surface area (Å²) in [6, 6.07) is 18.5. The Morgan fingerprint density at radius 2 is 1.75 bits per heavy atom. The first-order chi connectivity index (χ1) is 13.6. The number of anilines is 1. The molecule has 0 saturated heterocycles. The normalized spacial score (nSPS) is 10.8. The van der Waals surface area contributed by atoms with E-state index in [9.17, 15) is 13.6 Å². The first-order valence-corrected chi connectivity index (χ1v) is 8.32. The number of alkyl halides is 2. The molecule has 3 aromatic rings. The molecule has 142 valence electrons. The summed E-state index contributed by atoms with van der Waals surface area (Å²) in [7, 11) is 0. The average Bonchev–Trinajstić information content (AvgIpc) is 2.69. The molecule has 0 spiro atoms. The smallest absolute Gasteiger partial charge is 0.387 e. The van der Waals surface area contributed by atoms with Crippen LogP contribution in [0.25, 0.3) is 6.08 Å². The van der Waals surface area contributed by atoms with Crippen molar-refractivity contribution in [2.24, 2.45) is 0 Å². The zero-order valence-corrected chi connectivity index (χ0v) is 14.6. The number of carbonyl (C=O) groups excluding carboxylic acids is 1. The second-order valence-corrected chi connectivity index (χ2v) is 5.51. The van der Waals surface area contributed by atoms with Crippen molar-refractivity contribution in [2.45, 2.75) is 6.61 Å². The molecule has 3 rings (SSSR count). The van der Waals surface area contributed by atoms with Crippen molar-refractivity contribution in [1.29, 1.82) is 0 Å². The molecule has 7 heteroatoms. The highest BCUT2D eigenvalue weighted by Crippen LogP contribution is 2.27. The van der Waals surface area contributed by atoms with Crippen LogP contribution in [0.1, 0.15) is 5.56 Å². The third-order valence-corrected chi connectivity index (χ3v) is 3.54. The first kappa shape index (κ1) is 19.0. The molecule has 28 heavy (non-hydrogen) atoms. The van der Waals surface area contributed by atoms with Gasteiger partial charge in [0, 0.05) is 17.8 Å². The fraction of sp³-hybridized carbons (Fsp3) is 0.0476.